The monoisotopic (exact) mass is 1130 g/mol. The number of anilines is 8. The van der Waals surface area contributed by atoms with Crippen LogP contribution in [0, 0.1) is 0 Å². The molecule has 0 spiro atoms. The number of carbonyl (C=O) groups excluding carboxylic acids is 2. The summed E-state index contributed by atoms with van der Waals surface area (Å²) in [5.41, 5.74) is 0.520. The number of hydrogen-bond acceptors (Lipinski definition) is 19. The van der Waals surface area contributed by atoms with Gasteiger partial charge in [0.05, 0.1) is 48.4 Å². The fourth-order valence-electron chi connectivity index (χ4n) is 7.42. The maximum atomic E-state index is 14.2. The number of pyridine rings is 2. The van der Waals surface area contributed by atoms with Crippen LogP contribution < -0.4 is 31.9 Å². The summed E-state index contributed by atoms with van der Waals surface area (Å²) in [6.07, 6.45) is -1.35. The van der Waals surface area contributed by atoms with Crippen molar-refractivity contribution in [1.29, 1.82) is 0 Å². The zero-order chi connectivity index (χ0) is 57.0. The molecule has 0 fully saturated rings. The fourth-order valence-corrected chi connectivity index (χ4v) is 8.08. The second-order valence-corrected chi connectivity index (χ2v) is 18.2. The number of aromatic nitrogens is 10. The Kier molecular flexibility index (Phi) is 18.4. The summed E-state index contributed by atoms with van der Waals surface area (Å²) in [5.74, 6) is -3.16. The van der Waals surface area contributed by atoms with Crippen LogP contribution in [-0.4, -0.2) is 98.8 Å². The zero-order valence-corrected chi connectivity index (χ0v) is 43.2. The van der Waals surface area contributed by atoms with Crippen molar-refractivity contribution < 1.29 is 59.8 Å². The number of halogens is 6. The minimum Gasteiger partial charge on any atom is -0.396 e. The molecule has 8 aromatic rings. The van der Waals surface area contributed by atoms with Crippen LogP contribution >= 0.6 is 8.25 Å². The Bertz CT molecular complexity index is 3250. The third kappa shape index (κ3) is 14.8. The van der Waals surface area contributed by atoms with Crippen LogP contribution in [0.2, 0.25) is 0 Å². The topological polar surface area (TPSA) is 295 Å². The molecule has 6 heterocycles. The Labute approximate surface area is 451 Å². The van der Waals surface area contributed by atoms with E-state index in [2.05, 4.69) is 72.0 Å². The highest BCUT2D eigenvalue weighted by molar-refractivity contribution is 7.33. The lowest BCUT2D eigenvalue weighted by Crippen LogP contribution is -2.21. The normalized spacial score (nSPS) is 11.6. The number of rotatable bonds is 24. The van der Waals surface area contributed by atoms with E-state index in [1.54, 1.807) is 70.3 Å². The molecule has 8 N–H and O–H groups in total. The molecule has 2 aromatic carbocycles. The number of aryl methyl sites for hydroxylation is 2. The molecule has 2 amide bonds. The van der Waals surface area contributed by atoms with Gasteiger partial charge in [-0.1, -0.05) is 24.3 Å². The molecule has 30 heteroatoms. The lowest BCUT2D eigenvalue weighted by atomic mass is 10.1. The van der Waals surface area contributed by atoms with Gasteiger partial charge in [-0.2, -0.15) is 46.5 Å². The van der Waals surface area contributed by atoms with Crippen molar-refractivity contribution in [3.8, 4) is 22.5 Å². The van der Waals surface area contributed by atoms with Gasteiger partial charge in [0.15, 0.2) is 11.4 Å². The summed E-state index contributed by atoms with van der Waals surface area (Å²) >= 11 is 0. The second-order valence-electron chi connectivity index (χ2n) is 17.1. The molecule has 8 rings (SSSR count). The molecule has 0 aliphatic carbocycles. The summed E-state index contributed by atoms with van der Waals surface area (Å²) in [7, 11) is -0.361. The number of aliphatic hydroxyl groups excluding tert-OH is 2. The van der Waals surface area contributed by atoms with Gasteiger partial charge in [-0.3, -0.25) is 23.5 Å². The molecule has 23 nitrogen and oxygen atoms in total. The van der Waals surface area contributed by atoms with Crippen molar-refractivity contribution in [2.45, 2.75) is 51.5 Å². The minimum atomic E-state index is -4.89. The summed E-state index contributed by atoms with van der Waals surface area (Å²) in [6.45, 7) is 0.495. The molecule has 0 saturated heterocycles. The van der Waals surface area contributed by atoms with Crippen molar-refractivity contribution in [1.82, 2.24) is 60.1 Å². The lowest BCUT2D eigenvalue weighted by molar-refractivity contribution is -0.138. The maximum Gasteiger partial charge on any atom is 0.421 e. The van der Waals surface area contributed by atoms with Crippen LogP contribution in [-0.2, 0) is 52.3 Å². The molecular weight excluding hydrogens is 1080 g/mol. The van der Waals surface area contributed by atoms with E-state index >= 15 is 0 Å². The number of hydrogen-bond donors (Lipinski definition) is 8. The Morgan fingerprint density at radius 3 is 1.32 bits per heavy atom. The molecule has 80 heavy (non-hydrogen) atoms. The van der Waals surface area contributed by atoms with Crippen LogP contribution in [0.3, 0.4) is 0 Å². The number of amides is 2. The van der Waals surface area contributed by atoms with Gasteiger partial charge in [0.1, 0.15) is 22.8 Å². The van der Waals surface area contributed by atoms with Crippen LogP contribution in [0.15, 0.2) is 110 Å². The first-order chi connectivity index (χ1) is 38.4. The molecule has 418 valence electrons. The second kappa shape index (κ2) is 25.7. The van der Waals surface area contributed by atoms with Gasteiger partial charge < -0.3 is 51.2 Å². The largest absolute Gasteiger partial charge is 0.421 e. The molecule has 0 aliphatic rings. The standard InChI is InChI=1S/C50H49F6N16O7P/c1-57-45(75)41-39(15-13-37(65-41)31-21-61-71(25-31)17-3-19-73)67-43-35(49(51,52)53)23-59-47(69-43)63-33-9-5-29(6-10-33)27-78-80(77)79-28-30-7-11-34(12-8-30)64-48-60-24-36(50(54,55)56)44(70-48)68-40-16-14-38(66-42(40)46(76)58-2)32-22-62-72(26-32)18-4-20-74/h5-16,21-26,73-74,80H,3-4,17-20,27-28H2,1-2H3,(H,57,75)(H,58,76)(H2,59,63,67,69)(H2,60,64,68,70). The molecular formula is C50H49F6N16O7P. The fraction of sp³-hybridized carbons (Fsp3) is 0.240. The van der Waals surface area contributed by atoms with Gasteiger partial charge in [-0.05, 0) is 72.5 Å². The van der Waals surface area contributed by atoms with Gasteiger partial charge >= 0.3 is 20.6 Å². The van der Waals surface area contributed by atoms with Crippen molar-refractivity contribution in [3.05, 3.63) is 144 Å². The summed E-state index contributed by atoms with van der Waals surface area (Å²) < 4.78 is 112. The summed E-state index contributed by atoms with van der Waals surface area (Å²) in [5, 5.41) is 42.5. The number of carbonyl (C=O) groups is 2. The Balaban J connectivity index is 0.858. The summed E-state index contributed by atoms with van der Waals surface area (Å²) in [4.78, 5) is 50.5. The average Bonchev–Trinajstić information content (AvgIpc) is 4.15. The van der Waals surface area contributed by atoms with E-state index in [0.29, 0.717) is 83.3 Å². The van der Waals surface area contributed by atoms with Crippen LogP contribution in [0.5, 0.6) is 0 Å². The quantitative estimate of drug-likeness (QED) is 0.0208. The van der Waals surface area contributed by atoms with E-state index < -0.39 is 55.2 Å². The maximum absolute atomic E-state index is 14.2. The first-order valence-corrected chi connectivity index (χ1v) is 25.3. The van der Waals surface area contributed by atoms with E-state index in [9.17, 15) is 40.5 Å². The number of alkyl halides is 6. The van der Waals surface area contributed by atoms with Gasteiger partial charge in [0.2, 0.25) is 11.9 Å². The molecule has 0 unspecified atom stereocenters. The van der Waals surface area contributed by atoms with Crippen molar-refractivity contribution >= 4 is 66.4 Å². The highest BCUT2D eigenvalue weighted by Gasteiger charge is 2.37. The van der Waals surface area contributed by atoms with Crippen molar-refractivity contribution in [3.63, 3.8) is 0 Å². The van der Waals surface area contributed by atoms with Gasteiger partial charge in [-0.25, -0.2) is 19.9 Å². The van der Waals surface area contributed by atoms with Crippen molar-refractivity contribution in [2.75, 3.05) is 48.6 Å². The Morgan fingerprint density at radius 2 is 0.963 bits per heavy atom. The smallest absolute Gasteiger partial charge is 0.396 e. The van der Waals surface area contributed by atoms with E-state index in [4.69, 9.17) is 19.3 Å². The lowest BCUT2D eigenvalue weighted by Gasteiger charge is -2.16. The summed E-state index contributed by atoms with van der Waals surface area (Å²) in [6, 6.07) is 18.4. The third-order valence-electron chi connectivity index (χ3n) is 11.5. The van der Waals surface area contributed by atoms with E-state index in [0.717, 1.165) is 0 Å². The van der Waals surface area contributed by atoms with Gasteiger partial charge in [0, 0.05) is 87.7 Å². The van der Waals surface area contributed by atoms with Crippen LogP contribution in [0.4, 0.5) is 72.6 Å². The first-order valence-electron chi connectivity index (χ1n) is 24.1. The number of nitrogens with one attached hydrogen (secondary N) is 6. The number of benzene rings is 2. The van der Waals surface area contributed by atoms with Gasteiger partial charge in [-0.15, -0.1) is 0 Å². The molecule has 0 atom stereocenters. The van der Waals surface area contributed by atoms with E-state index in [1.807, 2.05) is 0 Å². The number of aliphatic hydroxyl groups is 2. The third-order valence-corrected chi connectivity index (χ3v) is 12.2. The highest BCUT2D eigenvalue weighted by atomic mass is 31.1. The van der Waals surface area contributed by atoms with Crippen LogP contribution in [0.25, 0.3) is 22.5 Å². The molecule has 0 bridgehead atoms. The number of nitrogens with zero attached hydrogens (tertiary/aromatic N) is 10. The molecule has 0 radical (unpaired) electrons. The average molecular weight is 1130 g/mol. The van der Waals surface area contributed by atoms with E-state index in [-0.39, 0.29) is 61.1 Å². The Morgan fingerprint density at radius 1 is 0.562 bits per heavy atom. The highest BCUT2D eigenvalue weighted by Crippen LogP contribution is 2.38. The van der Waals surface area contributed by atoms with Gasteiger partial charge in [0.25, 0.3) is 11.8 Å². The predicted molar refractivity (Wildman–Crippen MR) is 280 cm³/mol. The Hall–Kier alpha value is -8.89. The van der Waals surface area contributed by atoms with E-state index in [1.165, 1.54) is 50.8 Å². The molecule has 6 aromatic heterocycles. The first kappa shape index (κ1) is 57.3. The minimum absolute atomic E-state index is 0.0397. The molecule has 0 saturated carbocycles. The molecule has 0 aliphatic heterocycles. The van der Waals surface area contributed by atoms with Crippen LogP contribution in [0.1, 0.15) is 56.1 Å². The zero-order valence-electron chi connectivity index (χ0n) is 42.2. The SMILES string of the molecule is CNC(=O)c1nc(-c2cnn(CCCO)c2)ccc1Nc1nc(Nc2ccc(CO[PH](=O)OCc3ccc(Nc4ncc(C(F)(F)F)c(Nc5ccc(-c6cnn(CCCO)c6)nc5C(=O)NC)n4)cc3)cc2)ncc1C(F)(F)F. The predicted octanol–water partition coefficient (Wildman–Crippen LogP) is 8.40. The van der Waals surface area contributed by atoms with Crippen molar-refractivity contribution in [2.24, 2.45) is 0 Å².